The number of aromatic hydroxyl groups is 1. The number of carbonyl (C=O) groups is 1. The van der Waals surface area contributed by atoms with Crippen LogP contribution in [0.25, 0.3) is 0 Å². The van der Waals surface area contributed by atoms with Crippen LogP contribution in [0.3, 0.4) is 0 Å². The van der Waals surface area contributed by atoms with Crippen LogP contribution in [0.4, 0.5) is 5.69 Å². The van der Waals surface area contributed by atoms with Gasteiger partial charge in [-0.1, -0.05) is 32.6 Å². The van der Waals surface area contributed by atoms with Gasteiger partial charge in [-0.3, -0.25) is 14.9 Å². The van der Waals surface area contributed by atoms with Crippen LogP contribution in [-0.4, -0.2) is 22.2 Å². The van der Waals surface area contributed by atoms with Crippen molar-refractivity contribution in [3.05, 3.63) is 33.9 Å². The van der Waals surface area contributed by atoms with Crippen LogP contribution in [0.1, 0.15) is 51.0 Å². The van der Waals surface area contributed by atoms with Crippen molar-refractivity contribution in [2.75, 3.05) is 0 Å². The average Bonchev–Trinajstić information content (AvgIpc) is 2.48. The number of carbonyl (C=O) groups excluding carboxylic acids is 1. The van der Waals surface area contributed by atoms with E-state index in [9.17, 15) is 20.0 Å². The minimum absolute atomic E-state index is 0.136. The first-order valence-corrected chi connectivity index (χ1v) is 7.34. The van der Waals surface area contributed by atoms with Gasteiger partial charge in [-0.15, -0.1) is 0 Å². The largest absolute Gasteiger partial charge is 0.507 e. The summed E-state index contributed by atoms with van der Waals surface area (Å²) in [5.41, 5.74) is 2.37. The Hall–Kier alpha value is -2.44. The van der Waals surface area contributed by atoms with E-state index in [1.165, 1.54) is 30.8 Å². The highest BCUT2D eigenvalue weighted by Crippen LogP contribution is 2.21. The molecule has 0 atom stereocenters. The van der Waals surface area contributed by atoms with Crippen molar-refractivity contribution in [1.29, 1.82) is 0 Å². The molecule has 0 spiro atoms. The summed E-state index contributed by atoms with van der Waals surface area (Å²) in [6.07, 6.45) is 6.85. The van der Waals surface area contributed by atoms with Gasteiger partial charge in [0.2, 0.25) is 5.91 Å². The van der Waals surface area contributed by atoms with Gasteiger partial charge in [-0.2, -0.15) is 5.10 Å². The van der Waals surface area contributed by atoms with E-state index in [0.29, 0.717) is 6.42 Å². The number of amides is 1. The maximum absolute atomic E-state index is 11.5. The van der Waals surface area contributed by atoms with Crippen molar-refractivity contribution in [3.8, 4) is 5.75 Å². The van der Waals surface area contributed by atoms with Gasteiger partial charge in [-0.05, 0) is 12.5 Å². The van der Waals surface area contributed by atoms with Crippen molar-refractivity contribution in [2.45, 2.75) is 45.4 Å². The molecule has 0 unspecified atom stereocenters. The highest BCUT2D eigenvalue weighted by molar-refractivity contribution is 5.85. The summed E-state index contributed by atoms with van der Waals surface area (Å²) in [7, 11) is 0. The number of phenols is 1. The molecule has 1 rings (SSSR count). The molecular formula is C15H21N3O4. The molecule has 1 amide bonds. The maximum Gasteiger partial charge on any atom is 0.270 e. The Bertz CT molecular complexity index is 544. The highest BCUT2D eigenvalue weighted by atomic mass is 16.6. The number of nitrogens with zero attached hydrogens (tertiary/aromatic N) is 2. The van der Waals surface area contributed by atoms with Crippen molar-refractivity contribution in [1.82, 2.24) is 5.43 Å². The number of phenolic OH excluding ortho intramolecular Hbond substituents is 1. The second kappa shape index (κ2) is 9.49. The number of nitrogens with one attached hydrogen (secondary N) is 1. The monoisotopic (exact) mass is 307 g/mol. The maximum atomic E-state index is 11.5. The molecule has 1 aromatic carbocycles. The molecule has 1 aromatic rings. The summed E-state index contributed by atoms with van der Waals surface area (Å²) in [6.45, 7) is 2.13. The standard InChI is InChI=1S/C15H21N3O4/c1-2-3-4-5-6-7-15(20)17-16-11-12-10-13(18(21)22)8-9-14(12)19/h8-11,19H,2-7H2,1H3,(H,17,20)/b16-11+. The third kappa shape index (κ3) is 6.34. The van der Waals surface area contributed by atoms with E-state index >= 15 is 0 Å². The van der Waals surface area contributed by atoms with Crippen LogP contribution < -0.4 is 5.43 Å². The second-order valence-electron chi connectivity index (χ2n) is 4.96. The highest BCUT2D eigenvalue weighted by Gasteiger charge is 2.08. The Morgan fingerprint density at radius 3 is 2.77 bits per heavy atom. The molecule has 0 bridgehead atoms. The van der Waals surface area contributed by atoms with Crippen molar-refractivity contribution in [3.63, 3.8) is 0 Å². The number of hydrazone groups is 1. The minimum Gasteiger partial charge on any atom is -0.507 e. The molecule has 0 radical (unpaired) electrons. The summed E-state index contributed by atoms with van der Waals surface area (Å²) in [5, 5.41) is 23.9. The first kappa shape index (κ1) is 17.6. The lowest BCUT2D eigenvalue weighted by Gasteiger charge is -2.01. The van der Waals surface area contributed by atoms with Crippen LogP contribution in [-0.2, 0) is 4.79 Å². The molecule has 0 heterocycles. The van der Waals surface area contributed by atoms with Crippen molar-refractivity contribution >= 4 is 17.8 Å². The number of unbranched alkanes of at least 4 members (excludes halogenated alkanes) is 4. The summed E-state index contributed by atoms with van der Waals surface area (Å²) in [5.74, 6) is -0.346. The molecule has 0 saturated heterocycles. The lowest BCUT2D eigenvalue weighted by atomic mass is 10.1. The smallest absolute Gasteiger partial charge is 0.270 e. The summed E-state index contributed by atoms with van der Waals surface area (Å²) in [4.78, 5) is 21.6. The SMILES string of the molecule is CCCCCCCC(=O)N/N=C/c1cc([N+](=O)[O-])ccc1O. The van der Waals surface area contributed by atoms with Gasteiger partial charge in [0, 0.05) is 24.1 Å². The number of non-ortho nitro benzene ring substituents is 1. The normalized spacial score (nSPS) is 10.8. The van der Waals surface area contributed by atoms with E-state index in [2.05, 4.69) is 17.5 Å². The van der Waals surface area contributed by atoms with Crippen LogP contribution in [0.15, 0.2) is 23.3 Å². The average molecular weight is 307 g/mol. The zero-order valence-corrected chi connectivity index (χ0v) is 12.6. The van der Waals surface area contributed by atoms with Crippen LogP contribution >= 0.6 is 0 Å². The summed E-state index contributed by atoms with van der Waals surface area (Å²) >= 11 is 0. The van der Waals surface area contributed by atoms with E-state index < -0.39 is 4.92 Å². The van der Waals surface area contributed by atoms with E-state index in [-0.39, 0.29) is 22.9 Å². The molecule has 7 nitrogen and oxygen atoms in total. The fourth-order valence-corrected chi connectivity index (χ4v) is 1.88. The Morgan fingerprint density at radius 2 is 2.09 bits per heavy atom. The molecule has 120 valence electrons. The topological polar surface area (TPSA) is 105 Å². The molecule has 0 aromatic heterocycles. The number of benzene rings is 1. The molecule has 0 aliphatic carbocycles. The third-order valence-corrected chi connectivity index (χ3v) is 3.12. The van der Waals surface area contributed by atoms with Gasteiger partial charge in [-0.25, -0.2) is 5.43 Å². The molecule has 2 N–H and O–H groups in total. The van der Waals surface area contributed by atoms with Crippen molar-refractivity contribution in [2.24, 2.45) is 5.10 Å². The van der Waals surface area contributed by atoms with Gasteiger partial charge in [0.25, 0.3) is 5.69 Å². The number of hydrogen-bond donors (Lipinski definition) is 2. The summed E-state index contributed by atoms with van der Waals surface area (Å²) in [6, 6.07) is 3.60. The van der Waals surface area contributed by atoms with Crippen LogP contribution in [0, 0.1) is 10.1 Å². The van der Waals surface area contributed by atoms with E-state index in [1.807, 2.05) is 0 Å². The van der Waals surface area contributed by atoms with Crippen molar-refractivity contribution < 1.29 is 14.8 Å². The van der Waals surface area contributed by atoms with Gasteiger partial charge in [0.1, 0.15) is 5.75 Å². The third-order valence-electron chi connectivity index (χ3n) is 3.12. The zero-order chi connectivity index (χ0) is 16.4. The summed E-state index contributed by atoms with van der Waals surface area (Å²) < 4.78 is 0. The molecule has 22 heavy (non-hydrogen) atoms. The van der Waals surface area contributed by atoms with Crippen LogP contribution in [0.2, 0.25) is 0 Å². The predicted molar refractivity (Wildman–Crippen MR) is 83.9 cm³/mol. The first-order chi connectivity index (χ1) is 10.5. The number of rotatable bonds is 9. The van der Waals surface area contributed by atoms with E-state index in [4.69, 9.17) is 0 Å². The lowest BCUT2D eigenvalue weighted by Crippen LogP contribution is -2.16. The van der Waals surface area contributed by atoms with E-state index in [0.717, 1.165) is 25.7 Å². The number of nitro groups is 1. The van der Waals surface area contributed by atoms with Crippen LogP contribution in [0.5, 0.6) is 5.75 Å². The fraction of sp³-hybridized carbons (Fsp3) is 0.467. The predicted octanol–water partition coefficient (Wildman–Crippen LogP) is 3.11. The Labute approximate surface area is 129 Å². The Morgan fingerprint density at radius 1 is 1.36 bits per heavy atom. The minimum atomic E-state index is -0.564. The fourth-order valence-electron chi connectivity index (χ4n) is 1.88. The van der Waals surface area contributed by atoms with Gasteiger partial charge >= 0.3 is 0 Å². The molecule has 0 fully saturated rings. The number of hydrogen-bond acceptors (Lipinski definition) is 5. The second-order valence-corrected chi connectivity index (χ2v) is 4.96. The van der Waals surface area contributed by atoms with Gasteiger partial charge < -0.3 is 5.11 Å². The first-order valence-electron chi connectivity index (χ1n) is 7.34. The van der Waals surface area contributed by atoms with E-state index in [1.54, 1.807) is 0 Å². The zero-order valence-electron chi connectivity index (χ0n) is 12.6. The Balaban J connectivity index is 2.43. The Kier molecular flexibility index (Phi) is 7.60. The quantitative estimate of drug-likeness (QED) is 0.316. The molecule has 0 aliphatic rings. The molecule has 0 saturated carbocycles. The van der Waals surface area contributed by atoms with Gasteiger partial charge in [0.15, 0.2) is 0 Å². The lowest BCUT2D eigenvalue weighted by molar-refractivity contribution is -0.384. The van der Waals surface area contributed by atoms with Gasteiger partial charge in [0.05, 0.1) is 11.1 Å². The number of nitro benzene ring substituents is 1. The molecule has 7 heteroatoms. The molecular weight excluding hydrogens is 286 g/mol. The molecule has 0 aliphatic heterocycles.